The van der Waals surface area contributed by atoms with Crippen molar-refractivity contribution in [2.24, 2.45) is 0 Å². The molecule has 0 spiro atoms. The number of nitrogens with zero attached hydrogens (tertiary/aromatic N) is 1. The van der Waals surface area contributed by atoms with E-state index in [-0.39, 0.29) is 29.4 Å². The molecule has 0 aliphatic heterocycles. The maximum Gasteiger partial charge on any atom is 0.311 e. The lowest BCUT2D eigenvalue weighted by molar-refractivity contribution is -0.134. The molecule has 34 heavy (non-hydrogen) atoms. The van der Waals surface area contributed by atoms with Crippen LogP contribution in [-0.4, -0.2) is 20.3 Å². The first kappa shape index (κ1) is 25.4. The summed E-state index contributed by atoms with van der Waals surface area (Å²) in [7, 11) is -4.21. The number of aryl methyl sites for hydroxylation is 3. The van der Waals surface area contributed by atoms with E-state index < -0.39 is 15.9 Å². The molecule has 0 aromatic heterocycles. The zero-order chi connectivity index (χ0) is 25.0. The summed E-state index contributed by atoms with van der Waals surface area (Å²) in [5, 5.41) is 1.08. The second-order valence-corrected chi connectivity index (χ2v) is 10.2. The average molecular weight is 482 g/mol. The van der Waals surface area contributed by atoms with E-state index in [1.165, 1.54) is 0 Å². The van der Waals surface area contributed by atoms with Crippen molar-refractivity contribution in [1.29, 1.82) is 0 Å². The normalized spacial score (nSPS) is 11.4. The molecule has 0 unspecified atom stereocenters. The first-order chi connectivity index (χ1) is 16.1. The van der Waals surface area contributed by atoms with Crippen molar-refractivity contribution in [3.63, 3.8) is 0 Å². The number of carbonyl (C=O) groups is 2. The third kappa shape index (κ3) is 4.99. The quantitative estimate of drug-likeness (QED) is 0.291. The number of anilines is 1. The highest BCUT2D eigenvalue weighted by Gasteiger charge is 2.34. The van der Waals surface area contributed by atoms with Crippen LogP contribution in [0.15, 0.2) is 53.4 Å². The van der Waals surface area contributed by atoms with Crippen LogP contribution in [0.25, 0.3) is 10.8 Å². The van der Waals surface area contributed by atoms with Crippen LogP contribution in [0.3, 0.4) is 0 Å². The third-order valence-corrected chi connectivity index (χ3v) is 7.59. The molecule has 0 aliphatic rings. The van der Waals surface area contributed by atoms with Gasteiger partial charge in [-0.1, -0.05) is 55.8 Å². The Balaban J connectivity index is 2.27. The number of carbonyl (C=O) groups excluding carboxylic acids is 2. The van der Waals surface area contributed by atoms with Crippen molar-refractivity contribution in [3.8, 4) is 5.75 Å². The molecule has 0 atom stereocenters. The first-order valence-electron chi connectivity index (χ1n) is 11.5. The number of esters is 1. The summed E-state index contributed by atoms with van der Waals surface area (Å²) in [6, 6.07) is 13.7. The molecule has 7 heteroatoms. The predicted molar refractivity (Wildman–Crippen MR) is 135 cm³/mol. The fourth-order valence-electron chi connectivity index (χ4n) is 4.28. The van der Waals surface area contributed by atoms with Crippen molar-refractivity contribution < 1.29 is 22.7 Å². The molecule has 3 aromatic carbocycles. The Bertz CT molecular complexity index is 1320. The smallest absolute Gasteiger partial charge is 0.311 e. The van der Waals surface area contributed by atoms with Crippen LogP contribution in [-0.2, 0) is 19.6 Å². The van der Waals surface area contributed by atoms with Gasteiger partial charge in [-0.15, -0.1) is 0 Å². The summed E-state index contributed by atoms with van der Waals surface area (Å²) in [4.78, 5) is 25.6. The highest BCUT2D eigenvalue weighted by molar-refractivity contribution is 7.93. The van der Waals surface area contributed by atoms with Gasteiger partial charge in [0.1, 0.15) is 5.75 Å². The van der Waals surface area contributed by atoms with Crippen LogP contribution < -0.4 is 9.04 Å². The summed E-state index contributed by atoms with van der Waals surface area (Å²) in [6.45, 7) is 9.11. The van der Waals surface area contributed by atoms with Crippen molar-refractivity contribution in [1.82, 2.24) is 0 Å². The fraction of sp³-hybridized carbons (Fsp3) is 0.333. The van der Waals surface area contributed by atoms with E-state index in [1.807, 2.05) is 20.8 Å². The Morgan fingerprint density at radius 3 is 2.03 bits per heavy atom. The molecule has 0 saturated heterocycles. The molecule has 0 fully saturated rings. The van der Waals surface area contributed by atoms with Crippen LogP contribution in [0.5, 0.6) is 5.75 Å². The van der Waals surface area contributed by atoms with Gasteiger partial charge in [-0.2, -0.15) is 0 Å². The lowest BCUT2D eigenvalue weighted by Crippen LogP contribution is -2.37. The second-order valence-electron chi connectivity index (χ2n) is 8.49. The van der Waals surface area contributed by atoms with Crippen LogP contribution in [0.4, 0.5) is 5.69 Å². The van der Waals surface area contributed by atoms with Crippen LogP contribution >= 0.6 is 0 Å². The highest BCUT2D eigenvalue weighted by Crippen LogP contribution is 2.38. The molecule has 6 nitrogen and oxygen atoms in total. The molecule has 3 rings (SSSR count). The minimum atomic E-state index is -4.21. The Hall–Kier alpha value is -3.19. The van der Waals surface area contributed by atoms with Crippen molar-refractivity contribution in [2.45, 2.75) is 65.2 Å². The molecule has 1 amide bonds. The number of amides is 1. The summed E-state index contributed by atoms with van der Waals surface area (Å²) < 4.78 is 34.5. The Morgan fingerprint density at radius 2 is 1.44 bits per heavy atom. The fourth-order valence-corrected chi connectivity index (χ4v) is 6.17. The number of fused-ring (bicyclic) bond motifs is 1. The van der Waals surface area contributed by atoms with Gasteiger partial charge in [0.25, 0.3) is 10.0 Å². The van der Waals surface area contributed by atoms with Crippen LogP contribution in [0.2, 0.25) is 0 Å². The van der Waals surface area contributed by atoms with Gasteiger partial charge in [-0.05, 0) is 56.9 Å². The Labute approximate surface area is 201 Å². The zero-order valence-electron chi connectivity index (χ0n) is 20.3. The molecule has 0 heterocycles. The van der Waals surface area contributed by atoms with Crippen molar-refractivity contribution in [2.75, 3.05) is 4.31 Å². The first-order valence-corrected chi connectivity index (χ1v) is 12.9. The molecule has 0 aliphatic carbocycles. The molecule has 0 N–H and O–H groups in total. The van der Waals surface area contributed by atoms with Gasteiger partial charge in [-0.3, -0.25) is 9.59 Å². The largest absolute Gasteiger partial charge is 0.426 e. The predicted octanol–water partition coefficient (Wildman–Crippen LogP) is 5.99. The molecule has 0 radical (unpaired) electrons. The maximum absolute atomic E-state index is 14.0. The summed E-state index contributed by atoms with van der Waals surface area (Å²) in [5.41, 5.74) is 2.36. The zero-order valence-corrected chi connectivity index (χ0v) is 21.2. The molecule has 0 saturated carbocycles. The minimum absolute atomic E-state index is 0.0742. The van der Waals surface area contributed by atoms with Crippen LogP contribution in [0, 0.1) is 20.8 Å². The minimum Gasteiger partial charge on any atom is -0.426 e. The lowest BCUT2D eigenvalue weighted by Gasteiger charge is -2.26. The molecular formula is C27H31NO5S. The highest BCUT2D eigenvalue weighted by atomic mass is 32.2. The van der Waals surface area contributed by atoms with E-state index in [1.54, 1.807) is 62.4 Å². The number of hydrogen-bond donors (Lipinski definition) is 0. The molecule has 3 aromatic rings. The van der Waals surface area contributed by atoms with E-state index in [0.717, 1.165) is 9.87 Å². The number of hydrogen-bond acceptors (Lipinski definition) is 5. The number of benzene rings is 3. The maximum atomic E-state index is 14.0. The second kappa shape index (κ2) is 10.4. The van der Waals surface area contributed by atoms with E-state index in [4.69, 9.17) is 4.74 Å². The van der Waals surface area contributed by atoms with E-state index >= 15 is 0 Å². The van der Waals surface area contributed by atoms with Crippen molar-refractivity contribution >= 4 is 38.4 Å². The van der Waals surface area contributed by atoms with Gasteiger partial charge in [-0.25, -0.2) is 12.7 Å². The monoisotopic (exact) mass is 481 g/mol. The standard InChI is InChI=1S/C27H31NO5S/c1-6-10-25(29)28(34(31,32)27-19(4)16-18(3)17-20(27)5)23-14-15-24(33-26(30)11-7-2)22-13-9-8-12-21(22)23/h8-9,12-17H,6-7,10-11H2,1-5H3. The van der Waals surface area contributed by atoms with E-state index in [2.05, 4.69) is 0 Å². The van der Waals surface area contributed by atoms with Crippen LogP contribution in [0.1, 0.15) is 56.2 Å². The summed E-state index contributed by atoms with van der Waals surface area (Å²) in [6.07, 6.45) is 1.51. The van der Waals surface area contributed by atoms with Gasteiger partial charge in [0, 0.05) is 23.6 Å². The van der Waals surface area contributed by atoms with Gasteiger partial charge in [0.2, 0.25) is 5.91 Å². The number of ether oxygens (including phenoxy) is 1. The average Bonchev–Trinajstić information content (AvgIpc) is 2.74. The molecular weight excluding hydrogens is 450 g/mol. The number of rotatable bonds is 8. The van der Waals surface area contributed by atoms with Crippen molar-refractivity contribution in [3.05, 3.63) is 65.2 Å². The molecule has 0 bridgehead atoms. The van der Waals surface area contributed by atoms with Gasteiger partial charge in [0.15, 0.2) is 0 Å². The Morgan fingerprint density at radius 1 is 0.853 bits per heavy atom. The van der Waals surface area contributed by atoms with E-state index in [0.29, 0.717) is 40.5 Å². The van der Waals surface area contributed by atoms with Gasteiger partial charge in [0.05, 0.1) is 10.6 Å². The summed E-state index contributed by atoms with van der Waals surface area (Å²) in [5.74, 6) is -0.540. The third-order valence-electron chi connectivity index (χ3n) is 5.55. The topological polar surface area (TPSA) is 80.8 Å². The van der Waals surface area contributed by atoms with E-state index in [9.17, 15) is 18.0 Å². The van der Waals surface area contributed by atoms with Gasteiger partial charge < -0.3 is 4.74 Å². The lowest BCUT2D eigenvalue weighted by atomic mass is 10.1. The SMILES string of the molecule is CCCC(=O)Oc1ccc(N(C(=O)CCC)S(=O)(=O)c2c(C)cc(C)cc2C)c2ccccc12. The summed E-state index contributed by atoms with van der Waals surface area (Å²) >= 11 is 0. The number of sulfonamides is 1. The Kier molecular flexibility index (Phi) is 7.77. The van der Waals surface area contributed by atoms with Gasteiger partial charge >= 0.3 is 5.97 Å². The molecule has 180 valence electrons.